The van der Waals surface area contributed by atoms with Gasteiger partial charge in [-0.2, -0.15) is 0 Å². The third kappa shape index (κ3) is 3.55. The van der Waals surface area contributed by atoms with Gasteiger partial charge in [0.15, 0.2) is 0 Å². The van der Waals surface area contributed by atoms with E-state index < -0.39 is 12.0 Å². The molecule has 0 bridgehead atoms. The Morgan fingerprint density at radius 3 is 2.81 bits per heavy atom. The van der Waals surface area contributed by atoms with Crippen LogP contribution in [0.5, 0.6) is 0 Å². The number of nitrogens with zero attached hydrogens (tertiary/aromatic N) is 1. The molecular weight excluding hydrogens is 378 g/mol. The Kier molecular flexibility index (Phi) is 5.57. The van der Waals surface area contributed by atoms with E-state index in [0.717, 1.165) is 17.3 Å². The Hall–Kier alpha value is -0.720. The molecule has 114 valence electrons. The van der Waals surface area contributed by atoms with E-state index in [2.05, 4.69) is 15.9 Å². The van der Waals surface area contributed by atoms with Gasteiger partial charge in [-0.25, -0.2) is 4.79 Å². The van der Waals surface area contributed by atoms with Crippen molar-refractivity contribution in [2.45, 2.75) is 31.2 Å². The number of benzene rings is 1. The van der Waals surface area contributed by atoms with Crippen LogP contribution in [0.2, 0.25) is 5.02 Å². The summed E-state index contributed by atoms with van der Waals surface area (Å²) in [6.45, 7) is 2.02. The summed E-state index contributed by atoms with van der Waals surface area (Å²) in [5.41, 5.74) is 0.342. The van der Waals surface area contributed by atoms with Crippen LogP contribution in [0.15, 0.2) is 22.7 Å². The van der Waals surface area contributed by atoms with Gasteiger partial charge in [0.1, 0.15) is 6.04 Å². The summed E-state index contributed by atoms with van der Waals surface area (Å²) in [4.78, 5) is 25.6. The molecule has 0 aliphatic carbocycles. The average Bonchev–Trinajstić information content (AvgIpc) is 2.82. The van der Waals surface area contributed by atoms with Crippen molar-refractivity contribution in [2.75, 3.05) is 5.75 Å². The summed E-state index contributed by atoms with van der Waals surface area (Å²) in [7, 11) is 0. The van der Waals surface area contributed by atoms with Crippen molar-refractivity contribution in [3.8, 4) is 0 Å². The highest BCUT2D eigenvalue weighted by Gasteiger charge is 2.41. The molecule has 21 heavy (non-hydrogen) atoms. The van der Waals surface area contributed by atoms with Gasteiger partial charge >= 0.3 is 5.97 Å². The van der Waals surface area contributed by atoms with Gasteiger partial charge in [0.25, 0.3) is 5.91 Å². The Labute approximate surface area is 141 Å². The average molecular weight is 393 g/mol. The smallest absolute Gasteiger partial charge is 0.327 e. The first-order valence-corrected chi connectivity index (χ1v) is 8.79. The molecule has 1 aliphatic heterocycles. The van der Waals surface area contributed by atoms with Gasteiger partial charge in [-0.1, -0.05) is 40.9 Å². The lowest BCUT2D eigenvalue weighted by Gasteiger charge is -2.27. The fourth-order valence-corrected chi connectivity index (χ4v) is 4.56. The van der Waals surface area contributed by atoms with E-state index in [1.54, 1.807) is 18.2 Å². The zero-order chi connectivity index (χ0) is 15.6. The number of carbonyl (C=O) groups is 2. The first-order valence-electron chi connectivity index (χ1n) is 6.57. The van der Waals surface area contributed by atoms with Gasteiger partial charge in [0.05, 0.1) is 16.0 Å². The molecule has 2 rings (SSSR count). The molecule has 0 radical (unpaired) electrons. The summed E-state index contributed by atoms with van der Waals surface area (Å²) in [5, 5.41) is 9.55. The van der Waals surface area contributed by atoms with Crippen LogP contribution in [-0.2, 0) is 4.79 Å². The van der Waals surface area contributed by atoms with Crippen LogP contribution in [0.25, 0.3) is 0 Å². The maximum absolute atomic E-state index is 12.7. The zero-order valence-electron chi connectivity index (χ0n) is 11.4. The molecule has 2 unspecified atom stereocenters. The molecule has 1 fully saturated rings. The number of hydrogen-bond acceptors (Lipinski definition) is 3. The summed E-state index contributed by atoms with van der Waals surface area (Å²) >= 11 is 10.9. The molecule has 1 amide bonds. The fraction of sp³-hybridized carbons (Fsp3) is 0.429. The summed E-state index contributed by atoms with van der Waals surface area (Å²) in [6.07, 6.45) is 1.66. The molecule has 1 aliphatic rings. The number of halogens is 2. The number of rotatable bonds is 4. The minimum atomic E-state index is -0.970. The third-order valence-corrected chi connectivity index (χ3v) is 5.47. The Morgan fingerprint density at radius 1 is 1.52 bits per heavy atom. The largest absolute Gasteiger partial charge is 0.480 e. The number of carboxylic acid groups (broad SMARTS) is 1. The maximum Gasteiger partial charge on any atom is 0.327 e. The predicted molar refractivity (Wildman–Crippen MR) is 87.9 cm³/mol. The van der Waals surface area contributed by atoms with E-state index in [1.807, 2.05) is 6.92 Å². The Bertz CT molecular complexity index is 569. The first-order chi connectivity index (χ1) is 9.95. The summed E-state index contributed by atoms with van der Waals surface area (Å²) in [6, 6.07) is 4.20. The molecule has 0 aromatic heterocycles. The summed E-state index contributed by atoms with van der Waals surface area (Å²) in [5.74, 6) is -0.870. The van der Waals surface area contributed by atoms with Gasteiger partial charge in [0.2, 0.25) is 0 Å². The van der Waals surface area contributed by atoms with Crippen molar-refractivity contribution in [3.63, 3.8) is 0 Å². The number of hydrogen-bond donors (Lipinski definition) is 1. The zero-order valence-corrected chi connectivity index (χ0v) is 14.5. The van der Waals surface area contributed by atoms with Crippen molar-refractivity contribution in [1.82, 2.24) is 4.90 Å². The van der Waals surface area contributed by atoms with Gasteiger partial charge < -0.3 is 10.0 Å². The van der Waals surface area contributed by atoms with Crippen LogP contribution < -0.4 is 0 Å². The van der Waals surface area contributed by atoms with Gasteiger partial charge in [-0.15, -0.1) is 11.8 Å². The molecule has 4 nitrogen and oxygen atoms in total. The second-order valence-corrected chi connectivity index (χ2v) is 7.30. The monoisotopic (exact) mass is 391 g/mol. The second kappa shape index (κ2) is 7.03. The van der Waals surface area contributed by atoms with Crippen molar-refractivity contribution in [1.29, 1.82) is 0 Å². The number of amides is 1. The van der Waals surface area contributed by atoms with Crippen LogP contribution in [-0.4, -0.2) is 39.1 Å². The van der Waals surface area contributed by atoms with Crippen molar-refractivity contribution >= 4 is 51.2 Å². The number of thioether (sulfide) groups is 1. The first kappa shape index (κ1) is 16.6. The van der Waals surface area contributed by atoms with E-state index in [-0.39, 0.29) is 11.3 Å². The predicted octanol–water partition coefficient (Wildman–Crippen LogP) is 3.87. The number of aliphatic carboxylic acids is 1. The minimum Gasteiger partial charge on any atom is -0.480 e. The van der Waals surface area contributed by atoms with E-state index in [1.165, 1.54) is 16.7 Å². The molecule has 2 atom stereocenters. The fourth-order valence-electron chi connectivity index (χ4n) is 2.30. The van der Waals surface area contributed by atoms with Crippen LogP contribution in [0.1, 0.15) is 30.1 Å². The molecular formula is C14H15BrClNO3S. The molecule has 7 heteroatoms. The Morgan fingerprint density at radius 2 is 2.24 bits per heavy atom. The molecule has 1 saturated heterocycles. The van der Waals surface area contributed by atoms with E-state index in [4.69, 9.17) is 11.6 Å². The van der Waals surface area contributed by atoms with Gasteiger partial charge in [-0.05, 0) is 24.6 Å². The second-order valence-electron chi connectivity index (χ2n) is 4.77. The highest BCUT2D eigenvalue weighted by atomic mass is 79.9. The SMILES string of the molecule is CCCC1SCC(C(=O)O)N1C(=O)c1ccc(Br)cc1Cl. The lowest BCUT2D eigenvalue weighted by atomic mass is 10.1. The van der Waals surface area contributed by atoms with Crippen molar-refractivity contribution < 1.29 is 14.7 Å². The van der Waals surface area contributed by atoms with Crippen molar-refractivity contribution in [2.24, 2.45) is 0 Å². The number of carboxylic acids is 1. The Balaban J connectivity index is 2.34. The van der Waals surface area contributed by atoms with Gasteiger partial charge in [-0.3, -0.25) is 4.79 Å². The summed E-state index contributed by atoms with van der Waals surface area (Å²) < 4.78 is 0.778. The normalized spacial score (nSPS) is 21.6. The highest BCUT2D eigenvalue weighted by molar-refractivity contribution is 9.10. The standard InChI is InChI=1S/C14H15BrClNO3S/c1-2-3-12-17(11(7-21-12)14(19)20)13(18)9-5-4-8(15)6-10(9)16/h4-6,11-12H,2-3,7H2,1H3,(H,19,20). The topological polar surface area (TPSA) is 57.6 Å². The lowest BCUT2D eigenvalue weighted by Crippen LogP contribution is -2.45. The highest BCUT2D eigenvalue weighted by Crippen LogP contribution is 2.35. The molecule has 0 spiro atoms. The molecule has 1 aromatic rings. The van der Waals surface area contributed by atoms with Crippen LogP contribution in [0.3, 0.4) is 0 Å². The van der Waals surface area contributed by atoms with Crippen LogP contribution in [0, 0.1) is 0 Å². The third-order valence-electron chi connectivity index (χ3n) is 3.31. The van der Waals surface area contributed by atoms with E-state index in [0.29, 0.717) is 16.3 Å². The lowest BCUT2D eigenvalue weighted by molar-refractivity contribution is -0.141. The van der Waals surface area contributed by atoms with Gasteiger partial charge in [0, 0.05) is 10.2 Å². The van der Waals surface area contributed by atoms with Crippen LogP contribution >= 0.6 is 39.3 Å². The minimum absolute atomic E-state index is 0.108. The van der Waals surface area contributed by atoms with E-state index >= 15 is 0 Å². The molecule has 0 saturated carbocycles. The molecule has 1 heterocycles. The van der Waals surface area contributed by atoms with E-state index in [9.17, 15) is 14.7 Å². The molecule has 1 N–H and O–H groups in total. The molecule has 1 aromatic carbocycles. The van der Waals surface area contributed by atoms with Crippen LogP contribution in [0.4, 0.5) is 0 Å². The van der Waals surface area contributed by atoms with Crippen molar-refractivity contribution in [3.05, 3.63) is 33.3 Å². The quantitative estimate of drug-likeness (QED) is 0.845. The maximum atomic E-state index is 12.7. The number of carbonyl (C=O) groups excluding carboxylic acids is 1.